The second-order valence-corrected chi connectivity index (χ2v) is 7.38. The first-order valence-electron chi connectivity index (χ1n) is 7.04. The van der Waals surface area contributed by atoms with E-state index in [9.17, 15) is 4.79 Å². The molecular weight excluding hydrogens is 322 g/mol. The highest BCUT2D eigenvalue weighted by Gasteiger charge is 2.28. The van der Waals surface area contributed by atoms with Crippen molar-refractivity contribution in [3.63, 3.8) is 0 Å². The fraction of sp³-hybridized carbons (Fsp3) is 0.667. The number of hydrogen-bond donors (Lipinski definition) is 1. The smallest absolute Gasteiger partial charge is 0.227 e. The number of rotatable bonds is 5. The molecule has 0 fully saturated rings. The minimum absolute atomic E-state index is 0.0729. The summed E-state index contributed by atoms with van der Waals surface area (Å²) in [5.41, 5.74) is 1.27. The summed E-state index contributed by atoms with van der Waals surface area (Å²) in [7, 11) is 0. The number of carbonyl (C=O) groups is 1. The Hall–Kier alpha value is -0.350. The molecule has 2 rings (SSSR count). The Balaban J connectivity index is 2.01. The van der Waals surface area contributed by atoms with Gasteiger partial charge in [0, 0.05) is 16.2 Å². The third-order valence-electron chi connectivity index (χ3n) is 3.66. The molecular formula is C15H22BrNOS. The number of alkyl halides is 1. The Kier molecular flexibility index (Phi) is 5.46. The molecule has 0 saturated carbocycles. The van der Waals surface area contributed by atoms with Crippen LogP contribution in [0.1, 0.15) is 49.5 Å². The number of amides is 1. The van der Waals surface area contributed by atoms with E-state index in [2.05, 4.69) is 46.5 Å². The maximum absolute atomic E-state index is 12.5. The summed E-state index contributed by atoms with van der Waals surface area (Å²) in [6.07, 6.45) is 4.30. The van der Waals surface area contributed by atoms with E-state index >= 15 is 0 Å². The highest BCUT2D eigenvalue weighted by molar-refractivity contribution is 9.09. The maximum Gasteiger partial charge on any atom is 0.227 e. The molecule has 0 aliphatic heterocycles. The molecule has 1 aliphatic carbocycles. The summed E-state index contributed by atoms with van der Waals surface area (Å²) < 4.78 is 0. The molecule has 1 aliphatic rings. The predicted molar refractivity (Wildman–Crippen MR) is 85.2 cm³/mol. The van der Waals surface area contributed by atoms with Gasteiger partial charge in [-0.3, -0.25) is 4.79 Å². The summed E-state index contributed by atoms with van der Waals surface area (Å²) in [5, 5.41) is 6.17. The van der Waals surface area contributed by atoms with Crippen molar-refractivity contribution in [2.24, 2.45) is 5.92 Å². The third kappa shape index (κ3) is 3.82. The van der Waals surface area contributed by atoms with Gasteiger partial charge in [0.05, 0.1) is 5.92 Å². The summed E-state index contributed by atoms with van der Waals surface area (Å²) in [6.45, 7) is 4.39. The molecule has 0 saturated heterocycles. The Bertz CT molecular complexity index is 430. The van der Waals surface area contributed by atoms with Crippen LogP contribution in [0.15, 0.2) is 11.4 Å². The van der Waals surface area contributed by atoms with Crippen molar-refractivity contribution in [1.82, 2.24) is 5.32 Å². The first-order chi connectivity index (χ1) is 9.11. The monoisotopic (exact) mass is 343 g/mol. The predicted octanol–water partition coefficient (Wildman–Crippen LogP) is 4.09. The average molecular weight is 344 g/mol. The zero-order valence-electron chi connectivity index (χ0n) is 11.6. The van der Waals surface area contributed by atoms with Crippen molar-refractivity contribution in [3.05, 3.63) is 21.9 Å². The molecule has 2 nitrogen and oxygen atoms in total. The standard InChI is InChI=1S/C15H22BrNOS/c1-10(2)8-11(9-16)17-15(18)13-4-3-5-14-12(13)6-7-19-14/h6-7,10-11,13H,3-5,8-9H2,1-2H3,(H,17,18). The van der Waals surface area contributed by atoms with Crippen LogP contribution in [0, 0.1) is 5.92 Å². The lowest BCUT2D eigenvalue weighted by Gasteiger charge is -2.25. The van der Waals surface area contributed by atoms with Crippen molar-refractivity contribution in [1.29, 1.82) is 0 Å². The van der Waals surface area contributed by atoms with E-state index in [1.54, 1.807) is 11.3 Å². The van der Waals surface area contributed by atoms with E-state index in [-0.39, 0.29) is 17.9 Å². The first-order valence-corrected chi connectivity index (χ1v) is 9.04. The SMILES string of the molecule is CC(C)CC(CBr)NC(=O)C1CCCc2sccc21. The second-order valence-electron chi connectivity index (χ2n) is 5.73. The third-order valence-corrected chi connectivity index (χ3v) is 5.44. The van der Waals surface area contributed by atoms with Crippen LogP contribution < -0.4 is 5.32 Å². The van der Waals surface area contributed by atoms with Gasteiger partial charge in [0.1, 0.15) is 0 Å². The quantitative estimate of drug-likeness (QED) is 0.801. The summed E-state index contributed by atoms with van der Waals surface area (Å²) in [5.74, 6) is 0.888. The number of aryl methyl sites for hydroxylation is 1. The van der Waals surface area contributed by atoms with Crippen molar-refractivity contribution in [2.45, 2.75) is 51.5 Å². The molecule has 0 aromatic carbocycles. The lowest BCUT2D eigenvalue weighted by Crippen LogP contribution is -2.40. The van der Waals surface area contributed by atoms with Gasteiger partial charge in [-0.25, -0.2) is 0 Å². The Labute approximate surface area is 128 Å². The molecule has 19 heavy (non-hydrogen) atoms. The second kappa shape index (κ2) is 6.89. The maximum atomic E-state index is 12.5. The molecule has 1 aromatic rings. The van der Waals surface area contributed by atoms with E-state index in [1.165, 1.54) is 10.4 Å². The lowest BCUT2D eigenvalue weighted by atomic mass is 9.87. The lowest BCUT2D eigenvalue weighted by molar-refractivity contribution is -0.123. The topological polar surface area (TPSA) is 29.1 Å². The van der Waals surface area contributed by atoms with Crippen LogP contribution in [-0.2, 0) is 11.2 Å². The highest BCUT2D eigenvalue weighted by atomic mass is 79.9. The van der Waals surface area contributed by atoms with Gasteiger partial charge in [0.2, 0.25) is 5.91 Å². The number of carbonyl (C=O) groups excluding carboxylic acids is 1. The van der Waals surface area contributed by atoms with Gasteiger partial charge in [-0.05, 0) is 48.6 Å². The number of thiophene rings is 1. The molecule has 0 bridgehead atoms. The van der Waals surface area contributed by atoms with Crippen LogP contribution in [-0.4, -0.2) is 17.3 Å². The molecule has 1 aromatic heterocycles. The normalized spacial score (nSPS) is 20.1. The van der Waals surface area contributed by atoms with Gasteiger partial charge < -0.3 is 5.32 Å². The molecule has 2 unspecified atom stereocenters. The summed E-state index contributed by atoms with van der Waals surface area (Å²) >= 11 is 5.30. The van der Waals surface area contributed by atoms with Crippen molar-refractivity contribution in [3.8, 4) is 0 Å². The Morgan fingerprint density at radius 1 is 1.58 bits per heavy atom. The minimum atomic E-state index is 0.0729. The minimum Gasteiger partial charge on any atom is -0.352 e. The van der Waals surface area contributed by atoms with Crippen LogP contribution in [0.25, 0.3) is 0 Å². The molecule has 1 heterocycles. The van der Waals surface area contributed by atoms with E-state index in [0.717, 1.165) is 31.0 Å². The molecule has 1 N–H and O–H groups in total. The Morgan fingerprint density at radius 2 is 2.37 bits per heavy atom. The van der Waals surface area contributed by atoms with Gasteiger partial charge >= 0.3 is 0 Å². The fourth-order valence-corrected chi connectivity index (χ4v) is 4.20. The van der Waals surface area contributed by atoms with Gasteiger partial charge in [-0.2, -0.15) is 0 Å². The number of fused-ring (bicyclic) bond motifs is 1. The zero-order valence-corrected chi connectivity index (χ0v) is 14.0. The van der Waals surface area contributed by atoms with Gasteiger partial charge in [0.15, 0.2) is 0 Å². The van der Waals surface area contributed by atoms with E-state index in [1.807, 2.05) is 0 Å². The van der Waals surface area contributed by atoms with E-state index in [0.29, 0.717) is 5.92 Å². The van der Waals surface area contributed by atoms with E-state index in [4.69, 9.17) is 0 Å². The molecule has 106 valence electrons. The molecule has 4 heteroatoms. The Morgan fingerprint density at radius 3 is 3.05 bits per heavy atom. The summed E-state index contributed by atoms with van der Waals surface area (Å²) in [4.78, 5) is 13.9. The molecule has 1 amide bonds. The van der Waals surface area contributed by atoms with Crippen LogP contribution in [0.4, 0.5) is 0 Å². The van der Waals surface area contributed by atoms with Crippen molar-refractivity contribution >= 4 is 33.2 Å². The number of halogens is 1. The first kappa shape index (κ1) is 15.0. The van der Waals surface area contributed by atoms with Gasteiger partial charge in [-0.1, -0.05) is 29.8 Å². The van der Waals surface area contributed by atoms with Gasteiger partial charge in [-0.15, -0.1) is 11.3 Å². The largest absolute Gasteiger partial charge is 0.352 e. The van der Waals surface area contributed by atoms with Crippen molar-refractivity contribution < 1.29 is 4.79 Å². The average Bonchev–Trinajstić information content (AvgIpc) is 2.85. The van der Waals surface area contributed by atoms with Gasteiger partial charge in [0.25, 0.3) is 0 Å². The van der Waals surface area contributed by atoms with Crippen LogP contribution >= 0.6 is 27.3 Å². The molecule has 0 spiro atoms. The van der Waals surface area contributed by atoms with Crippen LogP contribution in [0.2, 0.25) is 0 Å². The number of nitrogens with one attached hydrogen (secondary N) is 1. The molecule has 2 atom stereocenters. The summed E-state index contributed by atoms with van der Waals surface area (Å²) in [6, 6.07) is 2.38. The van der Waals surface area contributed by atoms with E-state index < -0.39 is 0 Å². The van der Waals surface area contributed by atoms with Crippen LogP contribution in [0.3, 0.4) is 0 Å². The molecule has 0 radical (unpaired) electrons. The van der Waals surface area contributed by atoms with Crippen molar-refractivity contribution in [2.75, 3.05) is 5.33 Å². The fourth-order valence-electron chi connectivity index (χ4n) is 2.79. The zero-order chi connectivity index (χ0) is 13.8. The highest BCUT2D eigenvalue weighted by Crippen LogP contribution is 2.35. The van der Waals surface area contributed by atoms with Crippen LogP contribution in [0.5, 0.6) is 0 Å². The number of hydrogen-bond acceptors (Lipinski definition) is 2.